The molecule has 0 saturated heterocycles. The Morgan fingerprint density at radius 2 is 1.62 bits per heavy atom. The van der Waals surface area contributed by atoms with E-state index in [1.807, 2.05) is 18.2 Å². The summed E-state index contributed by atoms with van der Waals surface area (Å²) in [4.78, 5) is 24.1. The highest BCUT2D eigenvalue weighted by molar-refractivity contribution is 6.34. The summed E-state index contributed by atoms with van der Waals surface area (Å²) in [5, 5.41) is 5.92. The van der Waals surface area contributed by atoms with Crippen molar-refractivity contribution in [2.75, 3.05) is 20.2 Å². The normalized spacial score (nSPS) is 10.1. The zero-order chi connectivity index (χ0) is 17.4. The van der Waals surface area contributed by atoms with Gasteiger partial charge < -0.3 is 15.4 Å². The highest BCUT2D eigenvalue weighted by Crippen LogP contribution is 2.25. The molecule has 0 aliphatic heterocycles. The highest BCUT2D eigenvalue weighted by atomic mass is 35.5. The fourth-order valence-corrected chi connectivity index (χ4v) is 2.42. The molecular weight excluding hydrogens is 328 g/mol. The smallest absolute Gasteiger partial charge is 0.256 e. The second-order valence-corrected chi connectivity index (χ2v) is 5.46. The lowest BCUT2D eigenvalue weighted by Gasteiger charge is -2.11. The van der Waals surface area contributed by atoms with Crippen molar-refractivity contribution in [2.45, 2.75) is 6.42 Å². The Bertz CT molecular complexity index is 705. The van der Waals surface area contributed by atoms with Crippen LogP contribution in [0.15, 0.2) is 48.5 Å². The predicted molar refractivity (Wildman–Crippen MR) is 93.7 cm³/mol. The number of benzene rings is 2. The van der Waals surface area contributed by atoms with Crippen LogP contribution in [0.4, 0.5) is 0 Å². The molecule has 2 amide bonds. The molecule has 0 atom stereocenters. The monoisotopic (exact) mass is 346 g/mol. The quantitative estimate of drug-likeness (QED) is 0.757. The molecule has 0 spiro atoms. The second kappa shape index (κ2) is 8.93. The maximum atomic E-state index is 12.2. The molecule has 2 aromatic carbocycles. The summed E-state index contributed by atoms with van der Waals surface area (Å²) in [6.07, 6.45) is 0.608. The summed E-state index contributed by atoms with van der Waals surface area (Å²) >= 11 is 6.05. The molecule has 0 radical (unpaired) electrons. The number of ether oxygens (including phenoxy) is 1. The van der Waals surface area contributed by atoms with Crippen molar-refractivity contribution in [3.8, 4) is 5.75 Å². The molecule has 0 unspecified atom stereocenters. The van der Waals surface area contributed by atoms with E-state index in [1.54, 1.807) is 30.3 Å². The first-order valence-electron chi connectivity index (χ1n) is 7.57. The third-order valence-corrected chi connectivity index (χ3v) is 3.70. The largest absolute Gasteiger partial charge is 0.496 e. The molecule has 0 heterocycles. The van der Waals surface area contributed by atoms with Gasteiger partial charge in [-0.15, -0.1) is 0 Å². The van der Waals surface area contributed by atoms with Crippen molar-refractivity contribution < 1.29 is 14.3 Å². The van der Waals surface area contributed by atoms with Crippen molar-refractivity contribution in [3.63, 3.8) is 0 Å². The van der Waals surface area contributed by atoms with Gasteiger partial charge in [0.05, 0.1) is 17.7 Å². The Balaban J connectivity index is 1.77. The fraction of sp³-hybridized carbons (Fsp3) is 0.222. The molecule has 126 valence electrons. The lowest BCUT2D eigenvalue weighted by molar-refractivity contribution is 0.0950. The average Bonchev–Trinajstić information content (AvgIpc) is 2.61. The summed E-state index contributed by atoms with van der Waals surface area (Å²) in [7, 11) is 1.49. The van der Waals surface area contributed by atoms with E-state index < -0.39 is 0 Å². The fourth-order valence-electron chi connectivity index (χ4n) is 2.17. The first kappa shape index (κ1) is 17.8. The van der Waals surface area contributed by atoms with Crippen LogP contribution in [0.1, 0.15) is 27.1 Å². The lowest BCUT2D eigenvalue weighted by Crippen LogP contribution is -2.30. The van der Waals surface area contributed by atoms with Gasteiger partial charge in [0, 0.05) is 18.7 Å². The minimum atomic E-state index is -0.299. The van der Waals surface area contributed by atoms with Gasteiger partial charge in [-0.1, -0.05) is 35.9 Å². The first-order valence-corrected chi connectivity index (χ1v) is 7.95. The van der Waals surface area contributed by atoms with Crippen LogP contribution in [0, 0.1) is 0 Å². The molecule has 2 N–H and O–H groups in total. The van der Waals surface area contributed by atoms with Crippen LogP contribution in [0.5, 0.6) is 5.75 Å². The predicted octanol–water partition coefficient (Wildman–Crippen LogP) is 2.90. The van der Waals surface area contributed by atoms with E-state index in [0.717, 1.165) is 0 Å². The van der Waals surface area contributed by atoms with E-state index >= 15 is 0 Å². The number of hydrogen-bond donors (Lipinski definition) is 2. The summed E-state index contributed by atoms with van der Waals surface area (Å²) in [6.45, 7) is 0.885. The van der Waals surface area contributed by atoms with Crippen molar-refractivity contribution in [1.82, 2.24) is 10.6 Å². The molecule has 0 aromatic heterocycles. The number of rotatable bonds is 7. The van der Waals surface area contributed by atoms with Gasteiger partial charge >= 0.3 is 0 Å². The van der Waals surface area contributed by atoms with Gasteiger partial charge in [0.2, 0.25) is 0 Å². The second-order valence-electron chi connectivity index (χ2n) is 5.05. The zero-order valence-corrected chi connectivity index (χ0v) is 14.1. The van der Waals surface area contributed by atoms with Gasteiger partial charge in [-0.25, -0.2) is 0 Å². The minimum Gasteiger partial charge on any atom is -0.496 e. The number of methoxy groups -OCH3 is 1. The topological polar surface area (TPSA) is 67.4 Å². The van der Waals surface area contributed by atoms with Crippen LogP contribution >= 0.6 is 11.6 Å². The Labute approximate surface area is 146 Å². The summed E-state index contributed by atoms with van der Waals surface area (Å²) in [5.74, 6) is -0.00100. The Morgan fingerprint density at radius 3 is 2.29 bits per heavy atom. The Hall–Kier alpha value is -2.53. The standard InChI is InChI=1S/C18H19ClN2O3/c1-24-15-10-5-9-14(19)16(15)18(23)21-12-6-11-20-17(22)13-7-3-2-4-8-13/h2-5,7-10H,6,11-12H2,1H3,(H,20,22)(H,21,23). The molecule has 0 saturated carbocycles. The summed E-state index contributed by atoms with van der Waals surface area (Å²) in [6, 6.07) is 14.0. The SMILES string of the molecule is COc1cccc(Cl)c1C(=O)NCCCNC(=O)c1ccccc1. The number of halogens is 1. The minimum absolute atomic E-state index is 0.130. The van der Waals surface area contributed by atoms with Crippen molar-refractivity contribution in [1.29, 1.82) is 0 Å². The van der Waals surface area contributed by atoms with E-state index in [4.69, 9.17) is 16.3 Å². The summed E-state index contributed by atoms with van der Waals surface area (Å²) < 4.78 is 5.15. The van der Waals surface area contributed by atoms with E-state index in [0.29, 0.717) is 41.4 Å². The summed E-state index contributed by atoms with van der Waals surface area (Å²) in [5.41, 5.74) is 0.928. The third kappa shape index (κ3) is 4.73. The molecule has 0 aliphatic carbocycles. The Kier molecular flexibility index (Phi) is 6.63. The van der Waals surface area contributed by atoms with Gasteiger partial charge in [-0.2, -0.15) is 0 Å². The number of carbonyl (C=O) groups is 2. The molecule has 0 aliphatic rings. The van der Waals surface area contributed by atoms with E-state index in [2.05, 4.69) is 10.6 Å². The van der Waals surface area contributed by atoms with Crippen LogP contribution in [0.3, 0.4) is 0 Å². The molecule has 2 rings (SSSR count). The van der Waals surface area contributed by atoms with Crippen molar-refractivity contribution in [2.24, 2.45) is 0 Å². The van der Waals surface area contributed by atoms with E-state index in [1.165, 1.54) is 7.11 Å². The molecule has 24 heavy (non-hydrogen) atoms. The van der Waals surface area contributed by atoms with Crippen LogP contribution in [-0.2, 0) is 0 Å². The van der Waals surface area contributed by atoms with E-state index in [9.17, 15) is 9.59 Å². The van der Waals surface area contributed by atoms with Crippen LogP contribution in [0.2, 0.25) is 5.02 Å². The lowest BCUT2D eigenvalue weighted by atomic mass is 10.2. The molecule has 6 heteroatoms. The molecule has 0 bridgehead atoms. The van der Waals surface area contributed by atoms with Crippen molar-refractivity contribution >= 4 is 23.4 Å². The highest BCUT2D eigenvalue weighted by Gasteiger charge is 2.15. The van der Waals surface area contributed by atoms with Gasteiger partial charge in [0.1, 0.15) is 5.75 Å². The van der Waals surface area contributed by atoms with Gasteiger partial charge in [-0.05, 0) is 30.7 Å². The van der Waals surface area contributed by atoms with E-state index in [-0.39, 0.29) is 11.8 Å². The van der Waals surface area contributed by atoms with Gasteiger partial charge in [-0.3, -0.25) is 9.59 Å². The van der Waals surface area contributed by atoms with Gasteiger partial charge in [0.15, 0.2) is 0 Å². The van der Waals surface area contributed by atoms with Gasteiger partial charge in [0.25, 0.3) is 11.8 Å². The number of amides is 2. The number of hydrogen-bond acceptors (Lipinski definition) is 3. The number of carbonyl (C=O) groups excluding carboxylic acids is 2. The van der Waals surface area contributed by atoms with Crippen LogP contribution in [0.25, 0.3) is 0 Å². The third-order valence-electron chi connectivity index (χ3n) is 3.38. The zero-order valence-electron chi connectivity index (χ0n) is 13.3. The first-order chi connectivity index (χ1) is 11.6. The Morgan fingerprint density at radius 1 is 0.958 bits per heavy atom. The molecule has 5 nitrogen and oxygen atoms in total. The average molecular weight is 347 g/mol. The van der Waals surface area contributed by atoms with Crippen molar-refractivity contribution in [3.05, 3.63) is 64.7 Å². The van der Waals surface area contributed by atoms with Crippen LogP contribution in [-0.4, -0.2) is 32.0 Å². The maximum Gasteiger partial charge on any atom is 0.256 e. The van der Waals surface area contributed by atoms with Crippen LogP contribution < -0.4 is 15.4 Å². The molecule has 0 fully saturated rings. The maximum absolute atomic E-state index is 12.2. The molecular formula is C18H19ClN2O3. The molecule has 2 aromatic rings. The number of nitrogens with one attached hydrogen (secondary N) is 2.